The summed E-state index contributed by atoms with van der Waals surface area (Å²) in [5.74, 6) is 0.443. The lowest BCUT2D eigenvalue weighted by Crippen LogP contribution is -1.76. The van der Waals surface area contributed by atoms with Crippen LogP contribution in [-0.2, 0) is 5.88 Å². The molecule has 0 fully saturated rings. The molecule has 0 aliphatic heterocycles. The number of H-pyrrole nitrogens is 1. The summed E-state index contributed by atoms with van der Waals surface area (Å²) >= 11 is 11.5. The molecule has 0 radical (unpaired) electrons. The largest absolute Gasteiger partial charge is 0.280 e. The van der Waals surface area contributed by atoms with Gasteiger partial charge in [0.1, 0.15) is 0 Å². The molecule has 2 nitrogen and oxygen atoms in total. The Morgan fingerprint density at radius 3 is 3.00 bits per heavy atom. The Morgan fingerprint density at radius 1 is 1.42 bits per heavy atom. The number of alkyl halides is 1. The van der Waals surface area contributed by atoms with E-state index in [0.717, 1.165) is 16.6 Å². The molecule has 0 spiro atoms. The molecule has 1 aromatic carbocycles. The maximum absolute atomic E-state index is 5.78. The van der Waals surface area contributed by atoms with Crippen molar-refractivity contribution in [2.24, 2.45) is 0 Å². The molecule has 62 valence electrons. The highest BCUT2D eigenvalue weighted by Gasteiger charge is 2.03. The van der Waals surface area contributed by atoms with Gasteiger partial charge in [-0.15, -0.1) is 11.6 Å². The van der Waals surface area contributed by atoms with E-state index in [1.54, 1.807) is 0 Å². The van der Waals surface area contributed by atoms with Gasteiger partial charge in [-0.05, 0) is 18.2 Å². The summed E-state index contributed by atoms with van der Waals surface area (Å²) in [6.45, 7) is 0. The van der Waals surface area contributed by atoms with Crippen molar-refractivity contribution >= 4 is 34.1 Å². The second-order valence-electron chi connectivity index (χ2n) is 2.50. The molecule has 12 heavy (non-hydrogen) atoms. The molecule has 0 saturated carbocycles. The number of nitrogens with zero attached hydrogens (tertiary/aromatic N) is 1. The molecule has 0 unspecified atom stereocenters. The standard InChI is InChI=1S/C8H6Cl2N2/c9-4-8-6-2-1-5(10)3-7(6)11-12-8/h1-3H,4H2,(H,11,12). The molecule has 0 saturated heterocycles. The molecule has 0 aliphatic carbocycles. The normalized spacial score (nSPS) is 10.8. The second kappa shape index (κ2) is 2.96. The van der Waals surface area contributed by atoms with Gasteiger partial charge in [0.25, 0.3) is 0 Å². The monoisotopic (exact) mass is 200 g/mol. The summed E-state index contributed by atoms with van der Waals surface area (Å²) in [5, 5.41) is 8.63. The summed E-state index contributed by atoms with van der Waals surface area (Å²) in [6, 6.07) is 5.55. The van der Waals surface area contributed by atoms with Crippen molar-refractivity contribution < 1.29 is 0 Å². The van der Waals surface area contributed by atoms with Crippen molar-refractivity contribution in [3.63, 3.8) is 0 Å². The smallest absolute Gasteiger partial charge is 0.0938 e. The van der Waals surface area contributed by atoms with Crippen molar-refractivity contribution in [1.82, 2.24) is 10.2 Å². The van der Waals surface area contributed by atoms with Crippen molar-refractivity contribution in [3.05, 3.63) is 28.9 Å². The molecule has 0 bridgehead atoms. The van der Waals surface area contributed by atoms with Gasteiger partial charge in [-0.3, -0.25) is 5.10 Å². The first-order valence-electron chi connectivity index (χ1n) is 3.50. The minimum Gasteiger partial charge on any atom is -0.280 e. The number of nitrogens with one attached hydrogen (secondary N) is 1. The van der Waals surface area contributed by atoms with E-state index in [-0.39, 0.29) is 0 Å². The van der Waals surface area contributed by atoms with Crippen LogP contribution in [0, 0.1) is 0 Å². The maximum atomic E-state index is 5.78. The quantitative estimate of drug-likeness (QED) is 0.706. The topological polar surface area (TPSA) is 28.7 Å². The molecule has 2 aromatic rings. The fourth-order valence-corrected chi connectivity index (χ4v) is 1.51. The number of benzene rings is 1. The lowest BCUT2D eigenvalue weighted by atomic mass is 10.2. The number of halogens is 2. The maximum Gasteiger partial charge on any atom is 0.0938 e. The number of aromatic amines is 1. The van der Waals surface area contributed by atoms with Crippen molar-refractivity contribution in [1.29, 1.82) is 0 Å². The predicted molar refractivity (Wildman–Crippen MR) is 50.7 cm³/mol. The first kappa shape index (κ1) is 7.90. The molecular weight excluding hydrogens is 195 g/mol. The van der Waals surface area contributed by atoms with Gasteiger partial charge in [-0.2, -0.15) is 5.10 Å². The van der Waals surface area contributed by atoms with Crippen LogP contribution in [0.5, 0.6) is 0 Å². The number of hydrogen-bond donors (Lipinski definition) is 1. The van der Waals surface area contributed by atoms with Gasteiger partial charge in [-0.25, -0.2) is 0 Å². The van der Waals surface area contributed by atoms with Crippen LogP contribution in [0.25, 0.3) is 10.9 Å². The average molecular weight is 201 g/mol. The van der Waals surface area contributed by atoms with Crippen molar-refractivity contribution in [2.45, 2.75) is 5.88 Å². The Balaban J connectivity index is 2.73. The number of aromatic nitrogens is 2. The first-order chi connectivity index (χ1) is 5.81. The van der Waals surface area contributed by atoms with Gasteiger partial charge in [0, 0.05) is 10.4 Å². The minimum absolute atomic E-state index is 0.443. The molecular formula is C8H6Cl2N2. The summed E-state index contributed by atoms with van der Waals surface area (Å²) in [6.07, 6.45) is 0. The number of rotatable bonds is 1. The van der Waals surface area contributed by atoms with E-state index >= 15 is 0 Å². The Labute approximate surface area is 79.5 Å². The van der Waals surface area contributed by atoms with Crippen LogP contribution in [0.3, 0.4) is 0 Å². The number of hydrogen-bond acceptors (Lipinski definition) is 1. The van der Waals surface area contributed by atoms with Crippen LogP contribution in [0.1, 0.15) is 5.69 Å². The van der Waals surface area contributed by atoms with Crippen LogP contribution in [-0.4, -0.2) is 10.2 Å². The van der Waals surface area contributed by atoms with Crippen molar-refractivity contribution in [2.75, 3.05) is 0 Å². The Hall–Kier alpha value is -0.730. The van der Waals surface area contributed by atoms with Crippen LogP contribution < -0.4 is 0 Å². The summed E-state index contributed by atoms with van der Waals surface area (Å²) < 4.78 is 0. The molecule has 0 atom stereocenters. The summed E-state index contributed by atoms with van der Waals surface area (Å²) in [7, 11) is 0. The van der Waals surface area contributed by atoms with E-state index in [2.05, 4.69) is 10.2 Å². The second-order valence-corrected chi connectivity index (χ2v) is 3.20. The molecule has 2 rings (SSSR count). The van der Waals surface area contributed by atoms with Gasteiger partial charge in [0.15, 0.2) is 0 Å². The lowest BCUT2D eigenvalue weighted by Gasteiger charge is -1.90. The Morgan fingerprint density at radius 2 is 2.25 bits per heavy atom. The highest BCUT2D eigenvalue weighted by Crippen LogP contribution is 2.20. The molecule has 1 aromatic heterocycles. The van der Waals surface area contributed by atoms with Gasteiger partial charge >= 0.3 is 0 Å². The Bertz CT molecular complexity index is 408. The predicted octanol–water partition coefficient (Wildman–Crippen LogP) is 2.96. The van der Waals surface area contributed by atoms with Gasteiger partial charge in [0.2, 0.25) is 0 Å². The molecule has 0 aliphatic rings. The zero-order valence-corrected chi connectivity index (χ0v) is 7.65. The Kier molecular flexibility index (Phi) is 1.95. The molecule has 0 amide bonds. The van der Waals surface area contributed by atoms with E-state index in [1.165, 1.54) is 0 Å². The van der Waals surface area contributed by atoms with E-state index in [1.807, 2.05) is 18.2 Å². The van der Waals surface area contributed by atoms with Gasteiger partial charge < -0.3 is 0 Å². The van der Waals surface area contributed by atoms with Gasteiger partial charge in [-0.1, -0.05) is 11.6 Å². The molecule has 1 N–H and O–H groups in total. The van der Waals surface area contributed by atoms with Crippen molar-refractivity contribution in [3.8, 4) is 0 Å². The highest BCUT2D eigenvalue weighted by atomic mass is 35.5. The van der Waals surface area contributed by atoms with E-state index in [0.29, 0.717) is 10.9 Å². The molecule has 4 heteroatoms. The highest BCUT2D eigenvalue weighted by molar-refractivity contribution is 6.31. The number of fused-ring (bicyclic) bond motifs is 1. The fourth-order valence-electron chi connectivity index (χ4n) is 1.14. The third kappa shape index (κ3) is 1.17. The van der Waals surface area contributed by atoms with Crippen LogP contribution in [0.2, 0.25) is 5.02 Å². The summed E-state index contributed by atoms with van der Waals surface area (Å²) in [4.78, 5) is 0. The zero-order valence-electron chi connectivity index (χ0n) is 6.14. The third-order valence-electron chi connectivity index (χ3n) is 1.73. The first-order valence-corrected chi connectivity index (χ1v) is 4.41. The minimum atomic E-state index is 0.443. The summed E-state index contributed by atoms with van der Waals surface area (Å²) in [5.41, 5.74) is 1.79. The molecule has 1 heterocycles. The average Bonchev–Trinajstić information content (AvgIpc) is 2.46. The van der Waals surface area contributed by atoms with Crippen LogP contribution >= 0.6 is 23.2 Å². The zero-order chi connectivity index (χ0) is 8.55. The van der Waals surface area contributed by atoms with E-state index < -0.39 is 0 Å². The van der Waals surface area contributed by atoms with E-state index in [9.17, 15) is 0 Å². The third-order valence-corrected chi connectivity index (χ3v) is 2.23. The van der Waals surface area contributed by atoms with Gasteiger partial charge in [0.05, 0.1) is 17.1 Å². The van der Waals surface area contributed by atoms with Crippen LogP contribution in [0.15, 0.2) is 18.2 Å². The fraction of sp³-hybridized carbons (Fsp3) is 0.125. The lowest BCUT2D eigenvalue weighted by molar-refractivity contribution is 1.05. The van der Waals surface area contributed by atoms with E-state index in [4.69, 9.17) is 23.2 Å². The van der Waals surface area contributed by atoms with Crippen LogP contribution in [0.4, 0.5) is 0 Å². The SMILES string of the molecule is ClCc1[nH]nc2cc(Cl)ccc12.